The van der Waals surface area contributed by atoms with Gasteiger partial charge in [-0.25, -0.2) is 0 Å². The van der Waals surface area contributed by atoms with E-state index in [9.17, 15) is 20.2 Å². The highest BCUT2D eigenvalue weighted by Crippen LogP contribution is 2.26. The summed E-state index contributed by atoms with van der Waals surface area (Å²) < 4.78 is 6.26. The lowest BCUT2D eigenvalue weighted by Gasteiger charge is -2.09. The summed E-state index contributed by atoms with van der Waals surface area (Å²) in [4.78, 5) is 22.6. The summed E-state index contributed by atoms with van der Waals surface area (Å²) in [5.41, 5.74) is 0.475. The van der Waals surface area contributed by atoms with Gasteiger partial charge in [0.15, 0.2) is 0 Å². The van der Waals surface area contributed by atoms with Gasteiger partial charge in [0.05, 0.1) is 11.5 Å². The first-order valence-corrected chi connectivity index (χ1v) is 8.34. The predicted molar refractivity (Wildman–Crippen MR) is 101 cm³/mol. The van der Waals surface area contributed by atoms with Crippen LogP contribution < -0.4 is 10.1 Å². The fraction of sp³-hybridized carbons (Fsp3) is 0.111. The molecule has 0 fully saturated rings. The number of nitriles is 1. The van der Waals surface area contributed by atoms with E-state index in [-0.39, 0.29) is 16.9 Å². The zero-order chi connectivity index (χ0) is 19.1. The number of ether oxygens (including phenoxy) is 1. The van der Waals surface area contributed by atoms with E-state index in [1.807, 2.05) is 13.0 Å². The van der Waals surface area contributed by atoms with Crippen LogP contribution in [-0.4, -0.2) is 17.4 Å². The maximum absolute atomic E-state index is 12.4. The number of hydrogen-bond donors (Lipinski definition) is 1. The Morgan fingerprint density at radius 3 is 2.81 bits per heavy atom. The van der Waals surface area contributed by atoms with Crippen molar-refractivity contribution in [3.8, 4) is 11.8 Å². The Balaban J connectivity index is 2.31. The lowest BCUT2D eigenvalue weighted by molar-refractivity contribution is -0.384. The number of halogens is 1. The highest BCUT2D eigenvalue weighted by Gasteiger charge is 2.13. The predicted octanol–water partition coefficient (Wildman–Crippen LogP) is 4.30. The minimum absolute atomic E-state index is 0.157. The highest BCUT2D eigenvalue weighted by molar-refractivity contribution is 9.10. The Hall–Kier alpha value is -3.18. The second kappa shape index (κ2) is 8.78. The van der Waals surface area contributed by atoms with Gasteiger partial charge in [-0.1, -0.05) is 22.0 Å². The first kappa shape index (κ1) is 19.1. The van der Waals surface area contributed by atoms with Gasteiger partial charge in [0.2, 0.25) is 0 Å². The van der Waals surface area contributed by atoms with Gasteiger partial charge < -0.3 is 10.1 Å². The number of nitrogens with zero attached hydrogens (tertiary/aromatic N) is 2. The van der Waals surface area contributed by atoms with Crippen molar-refractivity contribution >= 4 is 39.3 Å². The molecule has 0 aliphatic rings. The zero-order valence-electron chi connectivity index (χ0n) is 13.7. The summed E-state index contributed by atoms with van der Waals surface area (Å²) in [7, 11) is 0. The van der Waals surface area contributed by atoms with Crippen LogP contribution in [0.25, 0.3) is 6.08 Å². The molecule has 0 aliphatic heterocycles. The average molecular weight is 416 g/mol. The molecule has 2 aromatic rings. The zero-order valence-corrected chi connectivity index (χ0v) is 15.3. The third kappa shape index (κ3) is 4.91. The van der Waals surface area contributed by atoms with Crippen molar-refractivity contribution in [1.82, 2.24) is 0 Å². The van der Waals surface area contributed by atoms with Crippen molar-refractivity contribution in [1.29, 1.82) is 5.26 Å². The minimum Gasteiger partial charge on any atom is -0.493 e. The molecular weight excluding hydrogens is 402 g/mol. The molecule has 2 aromatic carbocycles. The number of non-ortho nitro benzene ring substituents is 1. The number of carbonyl (C=O) groups excluding carboxylic acids is 1. The molecule has 0 saturated carbocycles. The number of nitro groups is 1. The summed E-state index contributed by atoms with van der Waals surface area (Å²) in [6, 6.07) is 12.6. The number of carbonyl (C=O) groups is 1. The van der Waals surface area contributed by atoms with E-state index in [2.05, 4.69) is 21.2 Å². The van der Waals surface area contributed by atoms with Crippen LogP contribution in [0.15, 0.2) is 52.5 Å². The van der Waals surface area contributed by atoms with Gasteiger partial charge in [0.25, 0.3) is 11.6 Å². The maximum Gasteiger partial charge on any atom is 0.271 e. The Morgan fingerprint density at radius 1 is 1.38 bits per heavy atom. The summed E-state index contributed by atoms with van der Waals surface area (Å²) in [6.45, 7) is 2.26. The van der Waals surface area contributed by atoms with E-state index < -0.39 is 10.8 Å². The second-order valence-corrected chi connectivity index (χ2v) is 5.96. The van der Waals surface area contributed by atoms with E-state index in [1.165, 1.54) is 30.3 Å². The number of nitrogens with one attached hydrogen (secondary N) is 1. The van der Waals surface area contributed by atoms with Crippen LogP contribution in [0.5, 0.6) is 5.75 Å². The number of amides is 1. The molecule has 8 heteroatoms. The quantitative estimate of drug-likeness (QED) is 0.327. The van der Waals surface area contributed by atoms with Gasteiger partial charge in [-0.2, -0.15) is 5.26 Å². The second-order valence-electron chi connectivity index (χ2n) is 5.05. The fourth-order valence-electron chi connectivity index (χ4n) is 2.12. The lowest BCUT2D eigenvalue weighted by atomic mass is 10.1. The average Bonchev–Trinajstić information content (AvgIpc) is 2.62. The van der Waals surface area contributed by atoms with Crippen LogP contribution in [0.3, 0.4) is 0 Å². The van der Waals surface area contributed by atoms with E-state index in [0.717, 1.165) is 4.47 Å². The summed E-state index contributed by atoms with van der Waals surface area (Å²) in [5, 5.41) is 22.6. The number of nitro benzene ring substituents is 1. The molecule has 26 heavy (non-hydrogen) atoms. The Bertz CT molecular complexity index is 919. The van der Waals surface area contributed by atoms with Crippen LogP contribution in [0.1, 0.15) is 12.5 Å². The highest BCUT2D eigenvalue weighted by atomic mass is 79.9. The third-order valence-electron chi connectivity index (χ3n) is 3.25. The van der Waals surface area contributed by atoms with Crippen LogP contribution in [0, 0.1) is 21.4 Å². The first-order chi connectivity index (χ1) is 12.4. The summed E-state index contributed by atoms with van der Waals surface area (Å²) >= 11 is 3.34. The molecule has 132 valence electrons. The van der Waals surface area contributed by atoms with Crippen molar-refractivity contribution in [3.63, 3.8) is 0 Å². The van der Waals surface area contributed by atoms with Crippen LogP contribution in [0.2, 0.25) is 0 Å². The standard InChI is InChI=1S/C18H14BrN3O4/c1-2-26-17-7-6-14(19)9-12(17)8-13(11-20)18(23)21-15-4-3-5-16(10-15)22(24)25/h3-10H,2H2,1H3,(H,21,23)/b13-8+. The van der Waals surface area contributed by atoms with Crippen LogP contribution in [-0.2, 0) is 4.79 Å². The van der Waals surface area contributed by atoms with Crippen molar-refractivity contribution < 1.29 is 14.5 Å². The van der Waals surface area contributed by atoms with E-state index in [4.69, 9.17) is 4.74 Å². The fourth-order valence-corrected chi connectivity index (χ4v) is 2.50. The molecule has 0 aliphatic carbocycles. The molecule has 0 heterocycles. The summed E-state index contributed by atoms with van der Waals surface area (Å²) in [5.74, 6) is -0.137. The molecule has 0 saturated heterocycles. The Labute approximate surface area is 158 Å². The molecule has 0 unspecified atom stereocenters. The number of benzene rings is 2. The summed E-state index contributed by atoms with van der Waals surface area (Å²) in [6.07, 6.45) is 1.41. The van der Waals surface area contributed by atoms with Gasteiger partial charge in [-0.05, 0) is 37.3 Å². The smallest absolute Gasteiger partial charge is 0.271 e. The normalized spacial score (nSPS) is 10.7. The molecule has 0 radical (unpaired) electrons. The molecule has 0 aromatic heterocycles. The van der Waals surface area contributed by atoms with Crippen molar-refractivity contribution in [3.05, 3.63) is 68.2 Å². The van der Waals surface area contributed by atoms with Crippen LogP contribution >= 0.6 is 15.9 Å². The van der Waals surface area contributed by atoms with Gasteiger partial charge >= 0.3 is 0 Å². The molecule has 7 nitrogen and oxygen atoms in total. The molecule has 2 rings (SSSR count). The van der Waals surface area contributed by atoms with E-state index in [0.29, 0.717) is 17.9 Å². The van der Waals surface area contributed by atoms with Crippen molar-refractivity contribution in [2.75, 3.05) is 11.9 Å². The van der Waals surface area contributed by atoms with Crippen molar-refractivity contribution in [2.24, 2.45) is 0 Å². The molecule has 0 bridgehead atoms. The minimum atomic E-state index is -0.671. The molecular formula is C18H14BrN3O4. The Morgan fingerprint density at radius 2 is 2.15 bits per heavy atom. The van der Waals surface area contributed by atoms with Crippen LogP contribution in [0.4, 0.5) is 11.4 Å². The monoisotopic (exact) mass is 415 g/mol. The van der Waals surface area contributed by atoms with Gasteiger partial charge in [-0.15, -0.1) is 0 Å². The molecule has 1 N–H and O–H groups in total. The van der Waals surface area contributed by atoms with Gasteiger partial charge in [-0.3, -0.25) is 14.9 Å². The molecule has 1 amide bonds. The van der Waals surface area contributed by atoms with Gasteiger partial charge in [0, 0.05) is 27.9 Å². The van der Waals surface area contributed by atoms with E-state index >= 15 is 0 Å². The first-order valence-electron chi connectivity index (χ1n) is 7.54. The third-order valence-corrected chi connectivity index (χ3v) is 3.74. The lowest BCUT2D eigenvalue weighted by Crippen LogP contribution is -2.13. The number of rotatable bonds is 6. The molecule has 0 atom stereocenters. The SMILES string of the molecule is CCOc1ccc(Br)cc1/C=C(\C#N)C(=O)Nc1cccc([N+](=O)[O-])c1. The largest absolute Gasteiger partial charge is 0.493 e. The molecule has 0 spiro atoms. The Kier molecular flexibility index (Phi) is 6.47. The van der Waals surface area contributed by atoms with E-state index in [1.54, 1.807) is 18.2 Å². The number of hydrogen-bond acceptors (Lipinski definition) is 5. The topological polar surface area (TPSA) is 105 Å². The maximum atomic E-state index is 12.4. The van der Waals surface area contributed by atoms with Crippen molar-refractivity contribution in [2.45, 2.75) is 6.92 Å². The van der Waals surface area contributed by atoms with Gasteiger partial charge in [0.1, 0.15) is 17.4 Å². The number of anilines is 1.